The standard InChI is InChI=1S/C17H23N3O5S/c1-12-4-3-9-20(11-12)16(21)7-8-18-26(23,24)13-5-6-14-15(10-13)25-17(22)19(14)2/h5-6,10,12,18H,3-4,7-9,11H2,1-2H3/t12-/m0/s1. The number of aryl methyl sites for hydroxylation is 1. The van der Waals surface area contributed by atoms with E-state index < -0.39 is 15.8 Å². The van der Waals surface area contributed by atoms with E-state index in [1.165, 1.54) is 22.8 Å². The van der Waals surface area contributed by atoms with E-state index in [4.69, 9.17) is 4.42 Å². The van der Waals surface area contributed by atoms with Gasteiger partial charge >= 0.3 is 5.76 Å². The van der Waals surface area contributed by atoms with Crippen LogP contribution in [0.25, 0.3) is 11.1 Å². The molecule has 0 unspecified atom stereocenters. The molecule has 0 bridgehead atoms. The summed E-state index contributed by atoms with van der Waals surface area (Å²) >= 11 is 0. The van der Waals surface area contributed by atoms with Crippen molar-refractivity contribution in [2.24, 2.45) is 13.0 Å². The van der Waals surface area contributed by atoms with Crippen LogP contribution >= 0.6 is 0 Å². The molecule has 0 saturated carbocycles. The van der Waals surface area contributed by atoms with Crippen LogP contribution in [0.5, 0.6) is 0 Å². The lowest BCUT2D eigenvalue weighted by Crippen LogP contribution is -2.40. The van der Waals surface area contributed by atoms with Crippen molar-refractivity contribution in [3.63, 3.8) is 0 Å². The molecule has 1 aliphatic heterocycles. The highest BCUT2D eigenvalue weighted by Crippen LogP contribution is 2.18. The van der Waals surface area contributed by atoms with Gasteiger partial charge in [0.25, 0.3) is 0 Å². The highest BCUT2D eigenvalue weighted by atomic mass is 32.2. The second-order valence-electron chi connectivity index (χ2n) is 6.79. The SMILES string of the molecule is C[C@H]1CCCN(C(=O)CCNS(=O)(=O)c2ccc3c(c2)oc(=O)n3C)C1. The molecule has 2 aromatic rings. The van der Waals surface area contributed by atoms with Gasteiger partial charge in [0.05, 0.1) is 10.4 Å². The summed E-state index contributed by atoms with van der Waals surface area (Å²) in [4.78, 5) is 25.5. The van der Waals surface area contributed by atoms with Crippen LogP contribution in [0.4, 0.5) is 0 Å². The molecule has 1 atom stereocenters. The Morgan fingerprint density at radius 1 is 1.38 bits per heavy atom. The number of nitrogens with zero attached hydrogens (tertiary/aromatic N) is 2. The third-order valence-electron chi connectivity index (χ3n) is 4.71. The zero-order chi connectivity index (χ0) is 18.9. The van der Waals surface area contributed by atoms with Gasteiger partial charge in [0.1, 0.15) is 0 Å². The van der Waals surface area contributed by atoms with Crippen molar-refractivity contribution in [1.82, 2.24) is 14.2 Å². The van der Waals surface area contributed by atoms with Crippen molar-refractivity contribution < 1.29 is 17.6 Å². The third-order valence-corrected chi connectivity index (χ3v) is 6.17. The van der Waals surface area contributed by atoms with E-state index in [-0.39, 0.29) is 29.4 Å². The van der Waals surface area contributed by atoms with Crippen LogP contribution < -0.4 is 10.5 Å². The largest absolute Gasteiger partial charge is 0.419 e. The molecule has 0 spiro atoms. The number of aromatic nitrogens is 1. The highest BCUT2D eigenvalue weighted by Gasteiger charge is 2.22. The predicted octanol–water partition coefficient (Wildman–Crippen LogP) is 1.06. The average molecular weight is 381 g/mol. The van der Waals surface area contributed by atoms with Crippen molar-refractivity contribution in [3.8, 4) is 0 Å². The summed E-state index contributed by atoms with van der Waals surface area (Å²) in [5.74, 6) is -0.107. The molecule has 1 amide bonds. The van der Waals surface area contributed by atoms with Crippen LogP contribution in [-0.4, -0.2) is 43.4 Å². The number of hydrogen-bond acceptors (Lipinski definition) is 5. The third kappa shape index (κ3) is 3.83. The van der Waals surface area contributed by atoms with Gasteiger partial charge in [0.2, 0.25) is 15.9 Å². The number of oxazole rings is 1. The average Bonchev–Trinajstić information content (AvgIpc) is 2.88. The van der Waals surface area contributed by atoms with Crippen LogP contribution in [0.3, 0.4) is 0 Å². The lowest BCUT2D eigenvalue weighted by Gasteiger charge is -2.31. The molecule has 0 aliphatic carbocycles. The number of carbonyl (C=O) groups excluding carboxylic acids is 1. The first-order chi connectivity index (χ1) is 12.3. The van der Waals surface area contributed by atoms with E-state index in [1.54, 1.807) is 11.9 Å². The topological polar surface area (TPSA) is 102 Å². The number of carbonyl (C=O) groups is 1. The molecule has 26 heavy (non-hydrogen) atoms. The first-order valence-corrected chi connectivity index (χ1v) is 10.1. The number of likely N-dealkylation sites (tertiary alicyclic amines) is 1. The quantitative estimate of drug-likeness (QED) is 0.834. The Morgan fingerprint density at radius 3 is 2.88 bits per heavy atom. The summed E-state index contributed by atoms with van der Waals surface area (Å²) in [6.07, 6.45) is 2.23. The number of hydrogen-bond donors (Lipinski definition) is 1. The minimum absolute atomic E-state index is 0.00149. The molecule has 8 nitrogen and oxygen atoms in total. The van der Waals surface area contributed by atoms with E-state index in [0.717, 1.165) is 25.9 Å². The number of nitrogens with one attached hydrogen (secondary N) is 1. The maximum atomic E-state index is 12.4. The fraction of sp³-hybridized carbons (Fsp3) is 0.529. The van der Waals surface area contributed by atoms with Crippen molar-refractivity contribution in [2.45, 2.75) is 31.1 Å². The number of benzene rings is 1. The molecule has 1 saturated heterocycles. The van der Waals surface area contributed by atoms with Crippen LogP contribution in [0, 0.1) is 5.92 Å². The maximum absolute atomic E-state index is 12.4. The monoisotopic (exact) mass is 381 g/mol. The van der Waals surface area contributed by atoms with Crippen molar-refractivity contribution in [1.29, 1.82) is 0 Å². The minimum atomic E-state index is -3.78. The summed E-state index contributed by atoms with van der Waals surface area (Å²) in [6, 6.07) is 4.25. The van der Waals surface area contributed by atoms with E-state index >= 15 is 0 Å². The van der Waals surface area contributed by atoms with Gasteiger partial charge in [0.15, 0.2) is 5.58 Å². The summed E-state index contributed by atoms with van der Waals surface area (Å²) in [7, 11) is -2.24. The number of sulfonamides is 1. The van der Waals surface area contributed by atoms with Gasteiger partial charge in [-0.1, -0.05) is 6.92 Å². The van der Waals surface area contributed by atoms with E-state index in [1.807, 2.05) is 0 Å². The second-order valence-corrected chi connectivity index (χ2v) is 8.56. The van der Waals surface area contributed by atoms with Crippen molar-refractivity contribution in [2.75, 3.05) is 19.6 Å². The Morgan fingerprint density at radius 2 is 2.15 bits per heavy atom. The van der Waals surface area contributed by atoms with Crippen LogP contribution in [0.2, 0.25) is 0 Å². The Labute approximate surface area is 151 Å². The minimum Gasteiger partial charge on any atom is -0.408 e. The molecule has 142 valence electrons. The Bertz CT molecular complexity index is 976. The van der Waals surface area contributed by atoms with Crippen LogP contribution in [0.15, 0.2) is 32.3 Å². The van der Waals surface area contributed by atoms with Gasteiger partial charge in [-0.05, 0) is 30.9 Å². The zero-order valence-corrected chi connectivity index (χ0v) is 15.7. The maximum Gasteiger partial charge on any atom is 0.419 e. The molecular weight excluding hydrogens is 358 g/mol. The summed E-state index contributed by atoms with van der Waals surface area (Å²) in [5, 5.41) is 0. The molecule has 1 aromatic heterocycles. The molecule has 1 aliphatic rings. The van der Waals surface area contributed by atoms with Crippen LogP contribution in [0.1, 0.15) is 26.2 Å². The number of rotatable bonds is 5. The van der Waals surface area contributed by atoms with E-state index in [9.17, 15) is 18.0 Å². The van der Waals surface area contributed by atoms with E-state index in [0.29, 0.717) is 11.4 Å². The van der Waals surface area contributed by atoms with Gasteiger partial charge in [-0.15, -0.1) is 0 Å². The highest BCUT2D eigenvalue weighted by molar-refractivity contribution is 7.89. The van der Waals surface area contributed by atoms with Gasteiger partial charge in [-0.3, -0.25) is 9.36 Å². The molecule has 2 heterocycles. The normalized spacial score (nSPS) is 18.4. The Hall–Kier alpha value is -2.13. The molecule has 1 N–H and O–H groups in total. The summed E-state index contributed by atoms with van der Waals surface area (Å²) in [5.41, 5.74) is 0.724. The Kier molecular flexibility index (Phi) is 5.19. The molecular formula is C17H23N3O5S. The molecule has 0 radical (unpaired) electrons. The smallest absolute Gasteiger partial charge is 0.408 e. The Balaban J connectivity index is 1.63. The molecule has 9 heteroatoms. The summed E-state index contributed by atoms with van der Waals surface area (Å²) in [6.45, 7) is 3.61. The van der Waals surface area contributed by atoms with Gasteiger partial charge in [0, 0.05) is 39.2 Å². The fourth-order valence-corrected chi connectivity index (χ4v) is 4.28. The number of amides is 1. The first-order valence-electron chi connectivity index (χ1n) is 8.65. The first kappa shape index (κ1) is 18.7. The van der Waals surface area contributed by atoms with Gasteiger partial charge in [-0.25, -0.2) is 17.9 Å². The van der Waals surface area contributed by atoms with Crippen molar-refractivity contribution in [3.05, 3.63) is 28.7 Å². The van der Waals surface area contributed by atoms with Gasteiger partial charge in [-0.2, -0.15) is 0 Å². The lowest BCUT2D eigenvalue weighted by molar-refractivity contribution is -0.132. The molecule has 3 rings (SSSR count). The summed E-state index contributed by atoms with van der Waals surface area (Å²) < 4.78 is 33.6. The van der Waals surface area contributed by atoms with Gasteiger partial charge < -0.3 is 9.32 Å². The number of fused-ring (bicyclic) bond motifs is 1. The molecule has 1 aromatic carbocycles. The predicted molar refractivity (Wildman–Crippen MR) is 96.2 cm³/mol. The van der Waals surface area contributed by atoms with Crippen molar-refractivity contribution >= 4 is 27.0 Å². The van der Waals surface area contributed by atoms with Crippen LogP contribution in [-0.2, 0) is 21.9 Å². The second kappa shape index (κ2) is 7.24. The lowest BCUT2D eigenvalue weighted by atomic mass is 10.0. The number of piperidine rings is 1. The zero-order valence-electron chi connectivity index (χ0n) is 14.9. The fourth-order valence-electron chi connectivity index (χ4n) is 3.23. The molecule has 1 fully saturated rings. The van der Waals surface area contributed by atoms with E-state index in [2.05, 4.69) is 11.6 Å².